The van der Waals surface area contributed by atoms with Crippen LogP contribution in [0.25, 0.3) is 0 Å². The highest BCUT2D eigenvalue weighted by Gasteiger charge is 2.03. The summed E-state index contributed by atoms with van der Waals surface area (Å²) < 4.78 is 7.77. The van der Waals surface area contributed by atoms with E-state index in [4.69, 9.17) is 11.6 Å². The Morgan fingerprint density at radius 1 is 1.50 bits per heavy atom. The van der Waals surface area contributed by atoms with Gasteiger partial charge in [-0.05, 0) is 5.21 Å². The maximum atomic E-state index is 5.72. The minimum Gasteiger partial charge on any atom is -0.365 e. The molecule has 2 aromatic heterocycles. The Balaban J connectivity index is 1.81. The highest BCUT2D eigenvalue weighted by atomic mass is 35.5. The molecule has 0 spiro atoms. The van der Waals surface area contributed by atoms with Gasteiger partial charge in [-0.25, -0.2) is 0 Å². The van der Waals surface area contributed by atoms with Gasteiger partial charge in [-0.3, -0.25) is 0 Å². The van der Waals surface area contributed by atoms with Crippen LogP contribution in [0.15, 0.2) is 6.33 Å². The molecule has 0 unspecified atom stereocenters. The van der Waals surface area contributed by atoms with Crippen molar-refractivity contribution in [2.45, 2.75) is 6.54 Å². The van der Waals surface area contributed by atoms with Crippen LogP contribution in [0.4, 0.5) is 5.82 Å². The Morgan fingerprint density at radius 2 is 2.43 bits per heavy atom. The van der Waals surface area contributed by atoms with Crippen LogP contribution in [-0.2, 0) is 6.54 Å². The fourth-order valence-electron chi connectivity index (χ4n) is 0.848. The van der Waals surface area contributed by atoms with E-state index < -0.39 is 0 Å². The molecule has 0 aliphatic carbocycles. The maximum Gasteiger partial charge on any atom is 0.186 e. The molecule has 2 rings (SSSR count). The van der Waals surface area contributed by atoms with Gasteiger partial charge in [0.1, 0.15) is 0 Å². The third kappa shape index (κ3) is 2.15. The first kappa shape index (κ1) is 9.28. The lowest BCUT2D eigenvalue weighted by molar-refractivity contribution is 0.538. The van der Waals surface area contributed by atoms with Crippen LogP contribution in [0.5, 0.6) is 0 Å². The Labute approximate surface area is 88.4 Å². The predicted molar refractivity (Wildman–Crippen MR) is 51.2 cm³/mol. The Bertz CT molecular complexity index is 384. The summed E-state index contributed by atoms with van der Waals surface area (Å²) in [5.74, 6) is 0.594. The van der Waals surface area contributed by atoms with Gasteiger partial charge >= 0.3 is 0 Å². The zero-order chi connectivity index (χ0) is 9.80. The number of aromatic nitrogens is 6. The lowest BCUT2D eigenvalue weighted by Crippen LogP contribution is -2.13. The van der Waals surface area contributed by atoms with E-state index in [0.29, 0.717) is 24.1 Å². The summed E-state index contributed by atoms with van der Waals surface area (Å²) in [5, 5.41) is 14.5. The molecule has 0 saturated carbocycles. The van der Waals surface area contributed by atoms with E-state index in [-0.39, 0.29) is 0 Å². The number of rotatable bonds is 4. The molecule has 74 valence electrons. The minimum absolute atomic E-state index is 0.390. The number of halogens is 1. The van der Waals surface area contributed by atoms with Crippen LogP contribution in [-0.4, -0.2) is 35.5 Å². The second-order valence-corrected chi connectivity index (χ2v) is 3.25. The summed E-state index contributed by atoms with van der Waals surface area (Å²) in [6, 6.07) is 0. The first-order valence-corrected chi connectivity index (χ1v) is 4.90. The molecule has 1 N–H and O–H groups in total. The van der Waals surface area contributed by atoms with Gasteiger partial charge in [0.15, 0.2) is 17.3 Å². The van der Waals surface area contributed by atoms with Crippen molar-refractivity contribution in [1.82, 2.24) is 29.0 Å². The van der Waals surface area contributed by atoms with Crippen molar-refractivity contribution in [3.8, 4) is 0 Å². The molecule has 0 aliphatic heterocycles. The van der Waals surface area contributed by atoms with Crippen LogP contribution in [0, 0.1) is 0 Å². The Morgan fingerprint density at radius 3 is 3.07 bits per heavy atom. The van der Waals surface area contributed by atoms with E-state index in [1.54, 1.807) is 0 Å². The van der Waals surface area contributed by atoms with Crippen LogP contribution in [0.3, 0.4) is 0 Å². The molecule has 2 heterocycles. The molecule has 0 amide bonds. The first-order chi connectivity index (χ1) is 6.86. The van der Waals surface area contributed by atoms with E-state index in [1.807, 2.05) is 0 Å². The zero-order valence-corrected chi connectivity index (χ0v) is 8.53. The lowest BCUT2D eigenvalue weighted by Gasteiger charge is -2.00. The maximum absolute atomic E-state index is 5.72. The Kier molecular flexibility index (Phi) is 2.84. The van der Waals surface area contributed by atoms with Gasteiger partial charge in [0, 0.05) is 6.54 Å². The SMILES string of the molecule is Clc1nsnc1NCCn1ncnn1. The van der Waals surface area contributed by atoms with Crippen molar-refractivity contribution in [2.24, 2.45) is 0 Å². The zero-order valence-electron chi connectivity index (χ0n) is 6.96. The third-order valence-electron chi connectivity index (χ3n) is 1.44. The van der Waals surface area contributed by atoms with E-state index in [2.05, 4.69) is 29.5 Å². The average molecular weight is 232 g/mol. The molecule has 7 nitrogen and oxygen atoms in total. The second-order valence-electron chi connectivity index (χ2n) is 2.36. The van der Waals surface area contributed by atoms with Crippen LogP contribution in [0.1, 0.15) is 0 Å². The van der Waals surface area contributed by atoms with Crippen molar-refractivity contribution >= 4 is 29.1 Å². The summed E-state index contributed by atoms with van der Waals surface area (Å²) in [7, 11) is 0. The van der Waals surface area contributed by atoms with Crippen molar-refractivity contribution < 1.29 is 0 Å². The molecule has 0 aliphatic rings. The fourth-order valence-corrected chi connectivity index (χ4v) is 1.53. The smallest absolute Gasteiger partial charge is 0.186 e. The van der Waals surface area contributed by atoms with Crippen LogP contribution < -0.4 is 5.32 Å². The summed E-state index contributed by atoms with van der Waals surface area (Å²) in [5.41, 5.74) is 0. The summed E-state index contributed by atoms with van der Waals surface area (Å²) in [6.45, 7) is 1.23. The monoisotopic (exact) mass is 231 g/mol. The number of hydrogen-bond donors (Lipinski definition) is 1. The molecule has 0 saturated heterocycles. The number of hydrogen-bond acceptors (Lipinski definition) is 7. The highest BCUT2D eigenvalue weighted by Crippen LogP contribution is 2.16. The molecular weight excluding hydrogens is 226 g/mol. The van der Waals surface area contributed by atoms with Gasteiger partial charge < -0.3 is 5.32 Å². The van der Waals surface area contributed by atoms with Crippen molar-refractivity contribution in [1.29, 1.82) is 0 Å². The van der Waals surface area contributed by atoms with E-state index in [9.17, 15) is 0 Å². The van der Waals surface area contributed by atoms with Gasteiger partial charge in [-0.2, -0.15) is 13.5 Å². The molecule has 0 fully saturated rings. The van der Waals surface area contributed by atoms with Crippen LogP contribution >= 0.6 is 23.3 Å². The molecule has 0 bridgehead atoms. The number of tetrazole rings is 1. The first-order valence-electron chi connectivity index (χ1n) is 3.79. The number of nitrogens with zero attached hydrogens (tertiary/aromatic N) is 6. The van der Waals surface area contributed by atoms with Gasteiger partial charge in [0.2, 0.25) is 0 Å². The summed E-state index contributed by atoms with van der Waals surface area (Å²) >= 11 is 6.79. The predicted octanol–water partition coefficient (Wildman–Crippen LogP) is 0.290. The molecule has 0 aromatic carbocycles. The minimum atomic E-state index is 0.390. The number of nitrogens with one attached hydrogen (secondary N) is 1. The van der Waals surface area contributed by atoms with E-state index >= 15 is 0 Å². The topological polar surface area (TPSA) is 81.4 Å². The normalized spacial score (nSPS) is 10.4. The van der Waals surface area contributed by atoms with Crippen molar-refractivity contribution in [2.75, 3.05) is 11.9 Å². The largest absolute Gasteiger partial charge is 0.365 e. The molecule has 14 heavy (non-hydrogen) atoms. The van der Waals surface area contributed by atoms with E-state index in [0.717, 1.165) is 11.7 Å². The Hall–Kier alpha value is -1.28. The fraction of sp³-hybridized carbons (Fsp3) is 0.400. The second kappa shape index (κ2) is 4.29. The highest BCUT2D eigenvalue weighted by molar-refractivity contribution is 6.99. The van der Waals surface area contributed by atoms with E-state index in [1.165, 1.54) is 11.1 Å². The number of anilines is 1. The van der Waals surface area contributed by atoms with Gasteiger partial charge in [-0.15, -0.1) is 10.2 Å². The van der Waals surface area contributed by atoms with Gasteiger partial charge in [-0.1, -0.05) is 11.6 Å². The van der Waals surface area contributed by atoms with Gasteiger partial charge in [0.25, 0.3) is 0 Å². The third-order valence-corrected chi connectivity index (χ3v) is 2.34. The van der Waals surface area contributed by atoms with Crippen molar-refractivity contribution in [3.05, 3.63) is 11.5 Å². The molecule has 0 atom stereocenters. The lowest BCUT2D eigenvalue weighted by atomic mass is 10.6. The quantitative estimate of drug-likeness (QED) is 0.815. The van der Waals surface area contributed by atoms with Crippen LogP contribution in [0.2, 0.25) is 5.15 Å². The molecule has 9 heteroatoms. The summed E-state index contributed by atoms with van der Waals surface area (Å²) in [4.78, 5) is 1.47. The molecule has 2 aromatic rings. The average Bonchev–Trinajstić information content (AvgIpc) is 2.78. The van der Waals surface area contributed by atoms with Gasteiger partial charge in [0.05, 0.1) is 18.3 Å². The molecule has 0 radical (unpaired) electrons. The molecular formula is C5H6ClN7S. The standard InChI is InChI=1S/C5H6ClN7S/c6-4-5(11-14-10-4)7-1-2-13-9-3-8-12-13/h3H,1-2H2,(H,7,11). The van der Waals surface area contributed by atoms with Crippen molar-refractivity contribution in [3.63, 3.8) is 0 Å². The summed E-state index contributed by atoms with van der Waals surface area (Å²) in [6.07, 6.45) is 1.39.